The van der Waals surface area contributed by atoms with Crippen molar-refractivity contribution in [3.05, 3.63) is 59.2 Å². The molecule has 0 saturated heterocycles. The summed E-state index contributed by atoms with van der Waals surface area (Å²) in [6.07, 6.45) is 5.16. The highest BCUT2D eigenvalue weighted by Gasteiger charge is 2.27. The van der Waals surface area contributed by atoms with Crippen LogP contribution in [0.4, 0.5) is 10.1 Å². The van der Waals surface area contributed by atoms with Crippen molar-refractivity contribution in [3.63, 3.8) is 0 Å². The molecule has 35 heavy (non-hydrogen) atoms. The number of hydrogen-bond donors (Lipinski definition) is 1. The van der Waals surface area contributed by atoms with Crippen LogP contribution in [0.25, 0.3) is 17.1 Å². The van der Waals surface area contributed by atoms with E-state index in [4.69, 9.17) is 4.74 Å². The van der Waals surface area contributed by atoms with Crippen molar-refractivity contribution in [1.82, 2.24) is 14.5 Å². The molecule has 0 spiro atoms. The average Bonchev–Trinajstić information content (AvgIpc) is 3.42. The number of nitrogens with one attached hydrogen (secondary N) is 1. The second-order valence-corrected chi connectivity index (χ2v) is 9.96. The summed E-state index contributed by atoms with van der Waals surface area (Å²) in [4.78, 5) is 19.3. The van der Waals surface area contributed by atoms with Crippen LogP contribution in [-0.4, -0.2) is 55.6 Å². The molecule has 1 aliphatic heterocycles. The number of hydrogen-bond acceptors (Lipinski definition) is 6. The number of carbonyl (C=O) groups excluding carboxylic acids is 1. The molecular formula is C25H29FN4O4S. The summed E-state index contributed by atoms with van der Waals surface area (Å²) in [7, 11) is -2.94. The summed E-state index contributed by atoms with van der Waals surface area (Å²) in [5.74, 6) is -0.386. The Bertz CT molecular complexity index is 1390. The lowest BCUT2D eigenvalue weighted by Crippen LogP contribution is -2.22. The first-order valence-electron chi connectivity index (χ1n) is 11.6. The number of carbonyl (C=O) groups is 1. The number of benzene rings is 2. The lowest BCUT2D eigenvalue weighted by Gasteiger charge is -2.16. The largest absolute Gasteiger partial charge is 0.465 e. The van der Waals surface area contributed by atoms with Crippen molar-refractivity contribution in [1.29, 1.82) is 0 Å². The molecule has 1 aromatic heterocycles. The number of nitrogens with zero attached hydrogens (tertiary/aromatic N) is 3. The zero-order valence-corrected chi connectivity index (χ0v) is 20.9. The third-order valence-electron chi connectivity index (χ3n) is 6.23. The van der Waals surface area contributed by atoms with E-state index in [0.717, 1.165) is 49.9 Å². The van der Waals surface area contributed by atoms with Gasteiger partial charge in [0.25, 0.3) is 10.0 Å². The minimum atomic E-state index is -4.17. The first-order chi connectivity index (χ1) is 16.8. The van der Waals surface area contributed by atoms with Gasteiger partial charge in [-0.05, 0) is 55.4 Å². The van der Waals surface area contributed by atoms with Gasteiger partial charge in [0.15, 0.2) is 0 Å². The molecule has 0 radical (unpaired) electrons. The molecule has 4 rings (SSSR count). The highest BCUT2D eigenvalue weighted by Crippen LogP contribution is 2.32. The van der Waals surface area contributed by atoms with Crippen molar-refractivity contribution in [3.8, 4) is 0 Å². The second-order valence-electron chi connectivity index (χ2n) is 8.31. The smallest absolute Gasteiger partial charge is 0.342 e. The summed E-state index contributed by atoms with van der Waals surface area (Å²) in [6, 6.07) is 6.78. The number of esters is 1. The number of likely N-dealkylation sites (N-methyl/N-ethyl adjacent to an activating group) is 1. The van der Waals surface area contributed by atoms with Crippen molar-refractivity contribution in [2.75, 3.05) is 31.5 Å². The van der Waals surface area contributed by atoms with Gasteiger partial charge in [-0.15, -0.1) is 0 Å². The van der Waals surface area contributed by atoms with Gasteiger partial charge in [0.1, 0.15) is 22.7 Å². The highest BCUT2D eigenvalue weighted by molar-refractivity contribution is 7.92. The van der Waals surface area contributed by atoms with Gasteiger partial charge in [0, 0.05) is 19.5 Å². The Balaban J connectivity index is 1.74. The minimum Gasteiger partial charge on any atom is -0.465 e. The van der Waals surface area contributed by atoms with Crippen molar-refractivity contribution in [2.24, 2.45) is 0 Å². The van der Waals surface area contributed by atoms with Gasteiger partial charge in [-0.2, -0.15) is 0 Å². The Morgan fingerprint density at radius 3 is 2.74 bits per heavy atom. The molecule has 0 unspecified atom stereocenters. The standard InChI is InChI=1S/C25H29FN4O4S/c1-4-29(5-2)14-6-8-17-16-18(26)10-13-21(17)35(32,33)28-19-11-12-20-24(23(19)25(31)34-3)27-22-9-7-15-30(20)22/h6,8,10-13,16,28H,4-5,7,9,14-15H2,1-3H3. The Morgan fingerprint density at radius 1 is 1.26 bits per heavy atom. The number of aromatic nitrogens is 2. The van der Waals surface area contributed by atoms with E-state index < -0.39 is 21.8 Å². The number of imidazole rings is 1. The van der Waals surface area contributed by atoms with E-state index in [-0.39, 0.29) is 21.7 Å². The number of methoxy groups -OCH3 is 1. The molecule has 186 valence electrons. The van der Waals surface area contributed by atoms with Gasteiger partial charge in [-0.25, -0.2) is 22.6 Å². The summed E-state index contributed by atoms with van der Waals surface area (Å²) < 4.78 is 50.4. The monoisotopic (exact) mass is 500 g/mol. The van der Waals surface area contributed by atoms with Gasteiger partial charge in [-0.1, -0.05) is 26.0 Å². The first-order valence-corrected chi connectivity index (χ1v) is 13.1. The summed E-state index contributed by atoms with van der Waals surface area (Å²) in [6.45, 7) is 7.13. The fourth-order valence-electron chi connectivity index (χ4n) is 4.37. The van der Waals surface area contributed by atoms with Crippen molar-refractivity contribution < 1.29 is 22.3 Å². The Kier molecular flexibility index (Phi) is 7.23. The third-order valence-corrected chi connectivity index (χ3v) is 7.67. The topological polar surface area (TPSA) is 93.5 Å². The fraction of sp³-hybridized carbons (Fsp3) is 0.360. The number of fused-ring (bicyclic) bond motifs is 3. The van der Waals surface area contributed by atoms with E-state index in [1.165, 1.54) is 19.2 Å². The van der Waals surface area contributed by atoms with Crippen LogP contribution in [0.15, 0.2) is 41.3 Å². The normalized spacial score (nSPS) is 13.6. The molecular weight excluding hydrogens is 471 g/mol. The van der Waals surface area contributed by atoms with Gasteiger partial charge in [-0.3, -0.25) is 4.72 Å². The van der Waals surface area contributed by atoms with Crippen LogP contribution >= 0.6 is 0 Å². The van der Waals surface area contributed by atoms with Crippen LogP contribution in [0, 0.1) is 5.82 Å². The number of halogens is 1. The number of ether oxygens (including phenoxy) is 1. The molecule has 0 bridgehead atoms. The zero-order valence-electron chi connectivity index (χ0n) is 20.0. The second kappa shape index (κ2) is 10.2. The molecule has 0 saturated carbocycles. The van der Waals surface area contributed by atoms with Gasteiger partial charge >= 0.3 is 5.97 Å². The fourth-order valence-corrected chi connectivity index (χ4v) is 5.63. The molecule has 1 N–H and O–H groups in total. The third kappa shape index (κ3) is 4.94. The van der Waals surface area contributed by atoms with E-state index in [9.17, 15) is 17.6 Å². The van der Waals surface area contributed by atoms with Crippen LogP contribution < -0.4 is 4.72 Å². The van der Waals surface area contributed by atoms with Gasteiger partial charge in [0.2, 0.25) is 0 Å². The van der Waals surface area contributed by atoms with Crippen LogP contribution in [0.5, 0.6) is 0 Å². The van der Waals surface area contributed by atoms with Crippen LogP contribution in [-0.2, 0) is 27.7 Å². The molecule has 2 aromatic carbocycles. The molecule has 3 aromatic rings. The maximum Gasteiger partial charge on any atom is 0.342 e. The molecule has 0 fully saturated rings. The predicted molar refractivity (Wildman–Crippen MR) is 133 cm³/mol. The first kappa shape index (κ1) is 24.9. The van der Waals surface area contributed by atoms with Crippen molar-refractivity contribution >= 4 is 38.8 Å². The van der Waals surface area contributed by atoms with E-state index in [0.29, 0.717) is 12.1 Å². The predicted octanol–water partition coefficient (Wildman–Crippen LogP) is 4.06. The Hall–Kier alpha value is -3.24. The van der Waals surface area contributed by atoms with Gasteiger partial charge in [0.05, 0.1) is 23.2 Å². The highest BCUT2D eigenvalue weighted by atomic mass is 32.2. The number of rotatable bonds is 9. The molecule has 8 nitrogen and oxygen atoms in total. The molecule has 2 heterocycles. The number of sulfonamides is 1. The molecule has 0 amide bonds. The van der Waals surface area contributed by atoms with E-state index >= 15 is 0 Å². The van der Waals surface area contributed by atoms with Gasteiger partial charge < -0.3 is 14.2 Å². The Labute approximate surface area is 204 Å². The quantitative estimate of drug-likeness (QED) is 0.446. The maximum absolute atomic E-state index is 14.0. The van der Waals surface area contributed by atoms with Crippen molar-refractivity contribution in [2.45, 2.75) is 38.1 Å². The van der Waals surface area contributed by atoms with Crippen LogP contribution in [0.2, 0.25) is 0 Å². The van der Waals surface area contributed by atoms with E-state index in [1.807, 2.05) is 18.4 Å². The number of anilines is 1. The van der Waals surface area contributed by atoms with Crippen LogP contribution in [0.3, 0.4) is 0 Å². The van der Waals surface area contributed by atoms with Crippen LogP contribution in [0.1, 0.15) is 42.0 Å². The summed E-state index contributed by atoms with van der Waals surface area (Å²) in [5.41, 5.74) is 1.47. The lowest BCUT2D eigenvalue weighted by atomic mass is 10.1. The van der Waals surface area contributed by atoms with E-state index in [2.05, 4.69) is 14.6 Å². The summed E-state index contributed by atoms with van der Waals surface area (Å²) >= 11 is 0. The number of aryl methyl sites for hydroxylation is 2. The minimum absolute atomic E-state index is 0.0520. The lowest BCUT2D eigenvalue weighted by molar-refractivity contribution is 0.0604. The zero-order chi connectivity index (χ0) is 25.2. The molecule has 0 atom stereocenters. The molecule has 1 aliphatic rings. The summed E-state index contributed by atoms with van der Waals surface area (Å²) in [5, 5.41) is 0. The SMILES string of the molecule is CCN(CC)CC=Cc1cc(F)ccc1S(=O)(=O)Nc1ccc2c(nc3n2CCC3)c1C(=O)OC. The Morgan fingerprint density at radius 2 is 2.03 bits per heavy atom. The molecule has 10 heteroatoms. The van der Waals surface area contributed by atoms with E-state index in [1.54, 1.807) is 24.3 Å². The maximum atomic E-state index is 14.0. The molecule has 0 aliphatic carbocycles. The average molecular weight is 501 g/mol.